The van der Waals surface area contributed by atoms with Crippen LogP contribution in [0.5, 0.6) is 0 Å². The van der Waals surface area contributed by atoms with Gasteiger partial charge in [0.05, 0.1) is 0 Å². The fraction of sp³-hybridized carbons (Fsp3) is 0.929. The molecule has 0 aromatic heterocycles. The minimum absolute atomic E-state index is 0.195. The summed E-state index contributed by atoms with van der Waals surface area (Å²) in [6.45, 7) is 12.5. The van der Waals surface area contributed by atoms with Gasteiger partial charge in [0.15, 0.2) is 0 Å². The van der Waals surface area contributed by atoms with E-state index in [0.717, 1.165) is 32.5 Å². The summed E-state index contributed by atoms with van der Waals surface area (Å²) in [5, 5.41) is 3.10. The summed E-state index contributed by atoms with van der Waals surface area (Å²) in [5.74, 6) is 0.597. The van der Waals surface area contributed by atoms with Crippen molar-refractivity contribution < 1.29 is 9.53 Å². The normalized spacial score (nSPS) is 11.7. The molecule has 1 amide bonds. The Balaban J connectivity index is 4.29. The molecule has 0 aliphatic rings. The van der Waals surface area contributed by atoms with Crippen LogP contribution in [0.2, 0.25) is 0 Å². The minimum atomic E-state index is -0.420. The zero-order valence-electron chi connectivity index (χ0n) is 12.9. The van der Waals surface area contributed by atoms with Crippen LogP contribution in [0.1, 0.15) is 47.5 Å². The van der Waals surface area contributed by atoms with Crippen molar-refractivity contribution in [3.05, 3.63) is 0 Å². The zero-order chi connectivity index (χ0) is 14.2. The van der Waals surface area contributed by atoms with Gasteiger partial charge in [-0.1, -0.05) is 13.8 Å². The Bertz CT molecular complexity index is 234. The molecule has 0 aromatic carbocycles. The quantitative estimate of drug-likeness (QED) is 0.714. The van der Waals surface area contributed by atoms with Gasteiger partial charge in [-0.3, -0.25) is 0 Å². The second-order valence-corrected chi connectivity index (χ2v) is 6.11. The highest BCUT2D eigenvalue weighted by Crippen LogP contribution is 2.11. The topological polar surface area (TPSA) is 41.6 Å². The van der Waals surface area contributed by atoms with Crippen LogP contribution in [-0.2, 0) is 4.74 Å². The summed E-state index contributed by atoms with van der Waals surface area (Å²) >= 11 is 0. The molecule has 1 N–H and O–H groups in total. The predicted molar refractivity (Wildman–Crippen MR) is 75.8 cm³/mol. The van der Waals surface area contributed by atoms with Crippen LogP contribution >= 0.6 is 0 Å². The van der Waals surface area contributed by atoms with Gasteiger partial charge in [0.1, 0.15) is 5.60 Å². The van der Waals surface area contributed by atoms with Crippen LogP contribution in [-0.4, -0.2) is 43.3 Å². The third-order valence-electron chi connectivity index (χ3n) is 2.48. The Morgan fingerprint density at radius 2 is 1.89 bits per heavy atom. The Kier molecular flexibility index (Phi) is 8.00. The molecule has 0 saturated heterocycles. The van der Waals surface area contributed by atoms with Crippen molar-refractivity contribution in [3.63, 3.8) is 0 Å². The molecule has 4 nitrogen and oxygen atoms in total. The van der Waals surface area contributed by atoms with Gasteiger partial charge in [0, 0.05) is 13.1 Å². The largest absolute Gasteiger partial charge is 0.444 e. The summed E-state index contributed by atoms with van der Waals surface area (Å²) in [7, 11) is 1.92. The third-order valence-corrected chi connectivity index (χ3v) is 2.48. The maximum atomic E-state index is 12.0. The molecule has 4 heteroatoms. The lowest BCUT2D eigenvalue weighted by atomic mass is 10.1. The first-order valence-electron chi connectivity index (χ1n) is 6.88. The number of hydrogen-bond acceptors (Lipinski definition) is 3. The van der Waals surface area contributed by atoms with Crippen LogP contribution in [0, 0.1) is 5.92 Å². The van der Waals surface area contributed by atoms with Crippen molar-refractivity contribution in [3.8, 4) is 0 Å². The molecule has 0 spiro atoms. The molecule has 0 aliphatic heterocycles. The minimum Gasteiger partial charge on any atom is -0.444 e. The summed E-state index contributed by atoms with van der Waals surface area (Å²) in [6.07, 6.45) is 1.77. The molecule has 0 bridgehead atoms. The van der Waals surface area contributed by atoms with Crippen LogP contribution in [0.15, 0.2) is 0 Å². The fourth-order valence-corrected chi connectivity index (χ4v) is 1.48. The van der Waals surface area contributed by atoms with Crippen molar-refractivity contribution >= 4 is 6.09 Å². The lowest BCUT2D eigenvalue weighted by Gasteiger charge is -2.28. The molecule has 0 heterocycles. The van der Waals surface area contributed by atoms with Gasteiger partial charge >= 0.3 is 6.09 Å². The molecular weight excluding hydrogens is 228 g/mol. The molecule has 18 heavy (non-hydrogen) atoms. The van der Waals surface area contributed by atoms with Crippen molar-refractivity contribution in [1.82, 2.24) is 10.2 Å². The summed E-state index contributed by atoms with van der Waals surface area (Å²) in [4.78, 5) is 13.9. The molecule has 0 aromatic rings. The Hall–Kier alpha value is -0.770. The van der Waals surface area contributed by atoms with E-state index >= 15 is 0 Å². The summed E-state index contributed by atoms with van der Waals surface area (Å²) < 4.78 is 5.43. The van der Waals surface area contributed by atoms with E-state index in [1.54, 1.807) is 0 Å². The molecular formula is C14H30N2O2. The first kappa shape index (κ1) is 17.2. The average molecular weight is 258 g/mol. The van der Waals surface area contributed by atoms with E-state index in [-0.39, 0.29) is 6.09 Å². The van der Waals surface area contributed by atoms with Crippen LogP contribution in [0.3, 0.4) is 0 Å². The van der Waals surface area contributed by atoms with E-state index in [4.69, 9.17) is 4.74 Å². The first-order chi connectivity index (χ1) is 8.26. The number of hydrogen-bond donors (Lipinski definition) is 1. The molecule has 0 radical (unpaired) electrons. The van der Waals surface area contributed by atoms with E-state index in [1.807, 2.05) is 32.7 Å². The lowest BCUT2D eigenvalue weighted by Crippen LogP contribution is -2.39. The molecule has 0 atom stereocenters. The van der Waals surface area contributed by atoms with Gasteiger partial charge in [-0.2, -0.15) is 0 Å². The highest BCUT2D eigenvalue weighted by atomic mass is 16.6. The highest BCUT2D eigenvalue weighted by Gasteiger charge is 2.21. The average Bonchev–Trinajstić information content (AvgIpc) is 2.20. The van der Waals surface area contributed by atoms with Gasteiger partial charge in [-0.25, -0.2) is 4.79 Å². The second kappa shape index (κ2) is 8.35. The maximum Gasteiger partial charge on any atom is 0.410 e. The standard InChI is InChI=1S/C14H30N2O2/c1-12(2)8-11-16(10-7-9-15-6)13(17)18-14(3,4)5/h12,15H,7-11H2,1-6H3. The Morgan fingerprint density at radius 1 is 1.28 bits per heavy atom. The van der Waals surface area contributed by atoms with Crippen molar-refractivity contribution in [1.29, 1.82) is 0 Å². The molecule has 0 unspecified atom stereocenters. The van der Waals surface area contributed by atoms with Gasteiger partial charge < -0.3 is 15.0 Å². The van der Waals surface area contributed by atoms with E-state index < -0.39 is 5.60 Å². The molecule has 0 aliphatic carbocycles. The number of amides is 1. The third kappa shape index (κ3) is 9.28. The Morgan fingerprint density at radius 3 is 2.33 bits per heavy atom. The summed E-state index contributed by atoms with van der Waals surface area (Å²) in [6, 6.07) is 0. The van der Waals surface area contributed by atoms with Gasteiger partial charge in [-0.05, 0) is 53.1 Å². The Labute approximate surface area is 112 Å². The predicted octanol–water partition coefficient (Wildman–Crippen LogP) is 2.88. The molecule has 0 saturated carbocycles. The van der Waals surface area contributed by atoms with E-state index in [1.165, 1.54) is 0 Å². The van der Waals surface area contributed by atoms with Crippen molar-refractivity contribution in [2.75, 3.05) is 26.7 Å². The second-order valence-electron chi connectivity index (χ2n) is 6.11. The smallest absolute Gasteiger partial charge is 0.410 e. The van der Waals surface area contributed by atoms with E-state index in [0.29, 0.717) is 5.92 Å². The number of carbonyl (C=O) groups is 1. The highest BCUT2D eigenvalue weighted by molar-refractivity contribution is 5.68. The number of ether oxygens (including phenoxy) is 1. The van der Waals surface area contributed by atoms with Crippen molar-refractivity contribution in [2.45, 2.75) is 53.1 Å². The number of nitrogens with one attached hydrogen (secondary N) is 1. The van der Waals surface area contributed by atoms with Crippen molar-refractivity contribution in [2.24, 2.45) is 5.92 Å². The zero-order valence-corrected chi connectivity index (χ0v) is 12.9. The fourth-order valence-electron chi connectivity index (χ4n) is 1.48. The molecule has 0 rings (SSSR count). The lowest BCUT2D eigenvalue weighted by molar-refractivity contribution is 0.0241. The van der Waals surface area contributed by atoms with E-state index in [2.05, 4.69) is 19.2 Å². The molecule has 108 valence electrons. The molecule has 0 fully saturated rings. The SMILES string of the molecule is CNCCCN(CCC(C)C)C(=O)OC(C)(C)C. The summed E-state index contributed by atoms with van der Waals surface area (Å²) in [5.41, 5.74) is -0.420. The van der Waals surface area contributed by atoms with Crippen LogP contribution in [0.4, 0.5) is 4.79 Å². The maximum absolute atomic E-state index is 12.0. The van der Waals surface area contributed by atoms with Gasteiger partial charge in [-0.15, -0.1) is 0 Å². The van der Waals surface area contributed by atoms with E-state index in [9.17, 15) is 4.79 Å². The number of rotatable bonds is 7. The van der Waals surface area contributed by atoms with Gasteiger partial charge in [0.25, 0.3) is 0 Å². The number of carbonyl (C=O) groups excluding carboxylic acids is 1. The van der Waals surface area contributed by atoms with Gasteiger partial charge in [0.2, 0.25) is 0 Å². The van der Waals surface area contributed by atoms with Crippen LogP contribution in [0.25, 0.3) is 0 Å². The van der Waals surface area contributed by atoms with Crippen LogP contribution < -0.4 is 5.32 Å². The first-order valence-corrected chi connectivity index (χ1v) is 6.88. The number of nitrogens with zero attached hydrogens (tertiary/aromatic N) is 1. The monoisotopic (exact) mass is 258 g/mol.